The van der Waals surface area contributed by atoms with Gasteiger partial charge in [0.25, 0.3) is 5.91 Å². The zero-order valence-corrected chi connectivity index (χ0v) is 11.6. The number of aromatic nitrogens is 1. The van der Waals surface area contributed by atoms with Gasteiger partial charge in [0.2, 0.25) is 5.88 Å². The highest BCUT2D eigenvalue weighted by Gasteiger charge is 2.33. The standard InChI is InChI=1S/C15H13F3N2O2/c1-10-6-7-14(19-8-10)22-9-13(21)20-12-5-3-2-4-11(12)15(16,17)18/h2-8H,9H2,1H3,(H,20,21). The minimum atomic E-state index is -4.54. The fraction of sp³-hybridized carbons (Fsp3) is 0.200. The number of pyridine rings is 1. The Morgan fingerprint density at radius 1 is 1.23 bits per heavy atom. The number of benzene rings is 1. The van der Waals surface area contributed by atoms with E-state index in [0.29, 0.717) is 0 Å². The van der Waals surface area contributed by atoms with Crippen LogP contribution >= 0.6 is 0 Å². The maximum Gasteiger partial charge on any atom is 0.418 e. The lowest BCUT2D eigenvalue weighted by atomic mass is 10.1. The molecule has 0 saturated carbocycles. The van der Waals surface area contributed by atoms with Gasteiger partial charge >= 0.3 is 6.18 Å². The Hall–Kier alpha value is -2.57. The number of alkyl halides is 3. The van der Waals surface area contributed by atoms with Gasteiger partial charge in [-0.05, 0) is 24.6 Å². The van der Waals surface area contributed by atoms with Crippen molar-refractivity contribution in [2.45, 2.75) is 13.1 Å². The van der Waals surface area contributed by atoms with E-state index in [1.807, 2.05) is 6.92 Å². The molecule has 0 saturated heterocycles. The van der Waals surface area contributed by atoms with Crippen LogP contribution in [0.1, 0.15) is 11.1 Å². The van der Waals surface area contributed by atoms with Gasteiger partial charge in [0.15, 0.2) is 6.61 Å². The number of anilines is 1. The lowest BCUT2D eigenvalue weighted by molar-refractivity contribution is -0.137. The van der Waals surface area contributed by atoms with Gasteiger partial charge in [-0.1, -0.05) is 18.2 Å². The van der Waals surface area contributed by atoms with E-state index in [4.69, 9.17) is 4.74 Å². The molecule has 116 valence electrons. The molecular weight excluding hydrogens is 297 g/mol. The molecule has 7 heteroatoms. The van der Waals surface area contributed by atoms with Crippen molar-refractivity contribution >= 4 is 11.6 Å². The molecule has 1 N–H and O–H groups in total. The van der Waals surface area contributed by atoms with E-state index in [0.717, 1.165) is 11.6 Å². The molecule has 2 aromatic rings. The van der Waals surface area contributed by atoms with Crippen LogP contribution in [0.2, 0.25) is 0 Å². The highest BCUT2D eigenvalue weighted by Crippen LogP contribution is 2.34. The largest absolute Gasteiger partial charge is 0.468 e. The molecule has 0 radical (unpaired) electrons. The van der Waals surface area contributed by atoms with Crippen LogP contribution in [0, 0.1) is 6.92 Å². The van der Waals surface area contributed by atoms with Gasteiger partial charge in [0.05, 0.1) is 11.3 Å². The summed E-state index contributed by atoms with van der Waals surface area (Å²) in [6, 6.07) is 8.08. The summed E-state index contributed by atoms with van der Waals surface area (Å²) < 4.78 is 43.5. The van der Waals surface area contributed by atoms with E-state index < -0.39 is 24.3 Å². The second-order valence-electron chi connectivity index (χ2n) is 4.55. The van der Waals surface area contributed by atoms with Crippen LogP contribution in [-0.2, 0) is 11.0 Å². The number of carbonyl (C=O) groups excluding carboxylic acids is 1. The topological polar surface area (TPSA) is 51.2 Å². The van der Waals surface area contributed by atoms with Gasteiger partial charge in [-0.2, -0.15) is 13.2 Å². The minimum Gasteiger partial charge on any atom is -0.468 e. The Morgan fingerprint density at radius 3 is 2.59 bits per heavy atom. The molecule has 1 heterocycles. The van der Waals surface area contributed by atoms with Gasteiger partial charge in [-0.3, -0.25) is 4.79 Å². The van der Waals surface area contributed by atoms with E-state index in [-0.39, 0.29) is 11.6 Å². The second kappa shape index (κ2) is 6.46. The molecule has 22 heavy (non-hydrogen) atoms. The first kappa shape index (κ1) is 15.8. The van der Waals surface area contributed by atoms with Crippen molar-refractivity contribution in [2.24, 2.45) is 0 Å². The van der Waals surface area contributed by atoms with Crippen LogP contribution in [0.5, 0.6) is 5.88 Å². The molecule has 1 amide bonds. The Kier molecular flexibility index (Phi) is 4.65. The highest BCUT2D eigenvalue weighted by atomic mass is 19.4. The fourth-order valence-corrected chi connectivity index (χ4v) is 1.70. The van der Waals surface area contributed by atoms with Gasteiger partial charge in [0, 0.05) is 12.3 Å². The fourth-order valence-electron chi connectivity index (χ4n) is 1.70. The maximum atomic E-state index is 12.8. The molecule has 0 unspecified atom stereocenters. The first-order chi connectivity index (χ1) is 10.4. The third kappa shape index (κ3) is 4.21. The Balaban J connectivity index is 1.99. The zero-order valence-electron chi connectivity index (χ0n) is 11.6. The van der Waals surface area contributed by atoms with Crippen LogP contribution in [0.15, 0.2) is 42.6 Å². The summed E-state index contributed by atoms with van der Waals surface area (Å²) in [5.74, 6) is -0.469. The molecule has 0 atom stereocenters. The van der Waals surface area contributed by atoms with Crippen molar-refractivity contribution in [3.63, 3.8) is 0 Å². The van der Waals surface area contributed by atoms with Gasteiger partial charge in [-0.15, -0.1) is 0 Å². The highest BCUT2D eigenvalue weighted by molar-refractivity contribution is 5.92. The van der Waals surface area contributed by atoms with E-state index in [1.165, 1.54) is 18.2 Å². The number of nitrogens with one attached hydrogen (secondary N) is 1. The third-order valence-corrected chi connectivity index (χ3v) is 2.74. The Morgan fingerprint density at radius 2 is 1.95 bits per heavy atom. The second-order valence-corrected chi connectivity index (χ2v) is 4.55. The number of amides is 1. The summed E-state index contributed by atoms with van der Waals surface area (Å²) in [5, 5.41) is 2.19. The van der Waals surface area contributed by atoms with E-state index in [2.05, 4.69) is 10.3 Å². The molecular formula is C15H13F3N2O2. The quantitative estimate of drug-likeness (QED) is 0.941. The summed E-state index contributed by atoms with van der Waals surface area (Å²) in [6.07, 6.45) is -2.98. The lowest BCUT2D eigenvalue weighted by Gasteiger charge is -2.13. The first-order valence-electron chi connectivity index (χ1n) is 6.38. The van der Waals surface area contributed by atoms with Crippen molar-refractivity contribution < 1.29 is 22.7 Å². The third-order valence-electron chi connectivity index (χ3n) is 2.74. The number of para-hydroxylation sites is 1. The molecule has 4 nitrogen and oxygen atoms in total. The van der Waals surface area contributed by atoms with Crippen LogP contribution in [0.25, 0.3) is 0 Å². The molecule has 0 fully saturated rings. The van der Waals surface area contributed by atoms with E-state index in [9.17, 15) is 18.0 Å². The number of halogens is 3. The van der Waals surface area contributed by atoms with Crippen molar-refractivity contribution in [3.05, 3.63) is 53.7 Å². The minimum absolute atomic E-state index is 0.227. The van der Waals surface area contributed by atoms with Crippen molar-refractivity contribution in [1.29, 1.82) is 0 Å². The summed E-state index contributed by atoms with van der Waals surface area (Å²) in [5.41, 5.74) is -0.284. The molecule has 1 aromatic carbocycles. The summed E-state index contributed by atoms with van der Waals surface area (Å²) in [4.78, 5) is 15.6. The van der Waals surface area contributed by atoms with Crippen LogP contribution < -0.4 is 10.1 Å². The van der Waals surface area contributed by atoms with Crippen LogP contribution in [-0.4, -0.2) is 17.5 Å². The predicted octanol–water partition coefficient (Wildman–Crippen LogP) is 3.43. The molecule has 0 spiro atoms. The predicted molar refractivity (Wildman–Crippen MR) is 74.5 cm³/mol. The first-order valence-corrected chi connectivity index (χ1v) is 6.38. The summed E-state index contributed by atoms with van der Waals surface area (Å²) in [7, 11) is 0. The van der Waals surface area contributed by atoms with Crippen LogP contribution in [0.3, 0.4) is 0 Å². The Labute approximate surface area is 124 Å². The smallest absolute Gasteiger partial charge is 0.418 e. The number of ether oxygens (including phenoxy) is 1. The van der Waals surface area contributed by atoms with Gasteiger partial charge in [0.1, 0.15) is 0 Å². The summed E-state index contributed by atoms with van der Waals surface area (Å²) in [6.45, 7) is 1.42. The van der Waals surface area contributed by atoms with Crippen molar-refractivity contribution in [1.82, 2.24) is 4.98 Å². The maximum absolute atomic E-state index is 12.8. The molecule has 1 aromatic heterocycles. The van der Waals surface area contributed by atoms with Gasteiger partial charge < -0.3 is 10.1 Å². The zero-order chi connectivity index (χ0) is 16.2. The van der Waals surface area contributed by atoms with Gasteiger partial charge in [-0.25, -0.2) is 4.98 Å². The number of aryl methyl sites for hydroxylation is 1. The van der Waals surface area contributed by atoms with Crippen LogP contribution in [0.4, 0.5) is 18.9 Å². The average Bonchev–Trinajstić information content (AvgIpc) is 2.46. The number of hydrogen-bond acceptors (Lipinski definition) is 3. The number of rotatable bonds is 4. The summed E-state index contributed by atoms with van der Waals surface area (Å²) >= 11 is 0. The molecule has 0 bridgehead atoms. The number of hydrogen-bond donors (Lipinski definition) is 1. The SMILES string of the molecule is Cc1ccc(OCC(=O)Nc2ccccc2C(F)(F)F)nc1. The van der Waals surface area contributed by atoms with Crippen molar-refractivity contribution in [3.8, 4) is 5.88 Å². The van der Waals surface area contributed by atoms with Crippen molar-refractivity contribution in [2.75, 3.05) is 11.9 Å². The molecule has 0 aliphatic rings. The lowest BCUT2D eigenvalue weighted by Crippen LogP contribution is -2.22. The number of carbonyl (C=O) groups is 1. The average molecular weight is 310 g/mol. The Bertz CT molecular complexity index is 655. The van der Waals surface area contributed by atoms with E-state index >= 15 is 0 Å². The molecule has 0 aliphatic heterocycles. The van der Waals surface area contributed by atoms with E-state index in [1.54, 1.807) is 18.3 Å². The molecule has 2 rings (SSSR count). The number of nitrogens with zero attached hydrogens (tertiary/aromatic N) is 1. The monoisotopic (exact) mass is 310 g/mol. The normalized spacial score (nSPS) is 11.1. The molecule has 0 aliphatic carbocycles.